The fourth-order valence-electron chi connectivity index (χ4n) is 2.60. The average molecular weight is 389 g/mol. The van der Waals surface area contributed by atoms with Crippen LogP contribution >= 0.6 is 0 Å². The van der Waals surface area contributed by atoms with E-state index in [1.165, 1.54) is 22.8 Å². The molecule has 0 atom stereocenters. The molecule has 1 amide bonds. The van der Waals surface area contributed by atoms with Crippen molar-refractivity contribution in [3.05, 3.63) is 64.6 Å². The van der Waals surface area contributed by atoms with Crippen molar-refractivity contribution in [2.45, 2.75) is 11.3 Å². The Hall–Kier alpha value is -2.91. The van der Waals surface area contributed by atoms with Gasteiger partial charge in [0.05, 0.1) is 16.8 Å². The van der Waals surface area contributed by atoms with E-state index in [2.05, 4.69) is 10.0 Å². The minimum absolute atomic E-state index is 0.0139. The number of aryl methyl sites for hydroxylation is 1. The van der Waals surface area contributed by atoms with Crippen molar-refractivity contribution in [2.75, 3.05) is 13.1 Å². The Balaban J connectivity index is 1.55. The second-order valence-corrected chi connectivity index (χ2v) is 7.73. The Labute approximate surface area is 155 Å². The summed E-state index contributed by atoms with van der Waals surface area (Å²) in [5.41, 5.74) is 1.59. The first kappa shape index (κ1) is 18.9. The van der Waals surface area contributed by atoms with Gasteiger partial charge in [-0.1, -0.05) is 30.3 Å². The molecule has 0 radical (unpaired) electrons. The maximum absolute atomic E-state index is 12.4. The monoisotopic (exact) mass is 389 g/mol. The maximum atomic E-state index is 12.4. The summed E-state index contributed by atoms with van der Waals surface area (Å²) in [5.74, 6) is -0.749. The van der Waals surface area contributed by atoms with Crippen LogP contribution < -0.4 is 15.8 Å². The molecule has 3 aromatic rings. The molecule has 0 saturated heterocycles. The molecule has 0 aliphatic heterocycles. The predicted octanol–water partition coefficient (Wildman–Crippen LogP) is 0.769. The highest BCUT2D eigenvalue weighted by Gasteiger charge is 2.16. The summed E-state index contributed by atoms with van der Waals surface area (Å²) in [5, 5.41) is 2.67. The number of nitrogens with zero attached hydrogens (tertiary/aromatic N) is 1. The Bertz CT molecular complexity index is 1120. The van der Waals surface area contributed by atoms with E-state index in [9.17, 15) is 18.0 Å². The highest BCUT2D eigenvalue weighted by Crippen LogP contribution is 2.17. The van der Waals surface area contributed by atoms with E-state index >= 15 is 0 Å². The molecule has 2 aromatic carbocycles. The molecule has 0 spiro atoms. The van der Waals surface area contributed by atoms with E-state index in [4.69, 9.17) is 4.42 Å². The number of fused-ring (bicyclic) bond motifs is 1. The van der Waals surface area contributed by atoms with Crippen LogP contribution in [0.4, 0.5) is 0 Å². The molecule has 1 aromatic heterocycles. The summed E-state index contributed by atoms with van der Waals surface area (Å²) in [6.07, 6.45) is 0.233. The van der Waals surface area contributed by atoms with Crippen molar-refractivity contribution in [2.24, 2.45) is 7.05 Å². The van der Waals surface area contributed by atoms with Crippen LogP contribution in [-0.4, -0.2) is 32.0 Å². The first-order valence-electron chi connectivity index (χ1n) is 8.27. The lowest BCUT2D eigenvalue weighted by Gasteiger charge is -2.08. The molecule has 142 valence electrons. The highest BCUT2D eigenvalue weighted by atomic mass is 32.2. The number of oxazole rings is 1. The number of hydrogen-bond acceptors (Lipinski definition) is 5. The zero-order valence-electron chi connectivity index (χ0n) is 14.6. The van der Waals surface area contributed by atoms with Gasteiger partial charge >= 0.3 is 5.76 Å². The minimum Gasteiger partial charge on any atom is -0.408 e. The second kappa shape index (κ2) is 7.77. The molecule has 9 heteroatoms. The number of carbonyl (C=O) groups is 1. The zero-order chi connectivity index (χ0) is 19.4. The van der Waals surface area contributed by atoms with E-state index in [-0.39, 0.29) is 35.9 Å². The molecular formula is C18H19N3O5S. The summed E-state index contributed by atoms with van der Waals surface area (Å²) >= 11 is 0. The minimum atomic E-state index is -3.78. The lowest BCUT2D eigenvalue weighted by atomic mass is 10.1. The standard InChI is InChI=1S/C18H19N3O5S/c1-21-15-8-7-14(12-16(15)26-18(21)23)27(24,25)20-10-9-19-17(22)11-13-5-3-2-4-6-13/h2-8,12,20H,9-11H2,1H3,(H,19,22). The number of hydrogen-bond donors (Lipinski definition) is 2. The lowest BCUT2D eigenvalue weighted by Crippen LogP contribution is -2.35. The van der Waals surface area contributed by atoms with E-state index in [1.807, 2.05) is 30.3 Å². The van der Waals surface area contributed by atoms with Crippen molar-refractivity contribution in [3.8, 4) is 0 Å². The third-order valence-corrected chi connectivity index (χ3v) is 5.48. The molecule has 0 unspecified atom stereocenters. The van der Waals surface area contributed by atoms with Crippen LogP contribution in [0.2, 0.25) is 0 Å². The number of amides is 1. The van der Waals surface area contributed by atoms with E-state index < -0.39 is 15.8 Å². The van der Waals surface area contributed by atoms with Crippen LogP contribution in [0.1, 0.15) is 5.56 Å². The van der Waals surface area contributed by atoms with Crippen molar-refractivity contribution in [1.29, 1.82) is 0 Å². The van der Waals surface area contributed by atoms with Crippen molar-refractivity contribution >= 4 is 27.0 Å². The van der Waals surface area contributed by atoms with Gasteiger partial charge < -0.3 is 9.73 Å². The molecule has 0 fully saturated rings. The quantitative estimate of drug-likeness (QED) is 0.580. The van der Waals surface area contributed by atoms with E-state index in [1.54, 1.807) is 7.05 Å². The Kier molecular flexibility index (Phi) is 5.43. The van der Waals surface area contributed by atoms with Gasteiger partial charge in [0.25, 0.3) is 0 Å². The molecule has 1 heterocycles. The third kappa shape index (κ3) is 4.44. The third-order valence-electron chi connectivity index (χ3n) is 4.02. The maximum Gasteiger partial charge on any atom is 0.419 e. The van der Waals surface area contributed by atoms with Gasteiger partial charge in [0.1, 0.15) is 0 Å². The van der Waals surface area contributed by atoms with Gasteiger partial charge in [-0.3, -0.25) is 9.36 Å². The van der Waals surface area contributed by atoms with Gasteiger partial charge in [-0.15, -0.1) is 0 Å². The van der Waals surface area contributed by atoms with Crippen LogP contribution in [0.3, 0.4) is 0 Å². The second-order valence-electron chi connectivity index (χ2n) is 5.97. The Morgan fingerprint density at radius 1 is 1.11 bits per heavy atom. The molecule has 2 N–H and O–H groups in total. The van der Waals surface area contributed by atoms with Crippen molar-refractivity contribution < 1.29 is 17.6 Å². The number of rotatable bonds is 7. The molecule has 0 aliphatic carbocycles. The Morgan fingerprint density at radius 2 is 1.85 bits per heavy atom. The molecule has 8 nitrogen and oxygen atoms in total. The molecule has 0 aliphatic rings. The van der Waals surface area contributed by atoms with Crippen molar-refractivity contribution in [1.82, 2.24) is 14.6 Å². The fourth-order valence-corrected chi connectivity index (χ4v) is 3.64. The Morgan fingerprint density at radius 3 is 2.59 bits per heavy atom. The molecule has 0 saturated carbocycles. The molecular weight excluding hydrogens is 370 g/mol. The largest absolute Gasteiger partial charge is 0.419 e. The van der Waals surface area contributed by atoms with Crippen LogP contribution in [0.15, 0.2) is 62.6 Å². The van der Waals surface area contributed by atoms with Gasteiger partial charge in [-0.05, 0) is 17.7 Å². The summed E-state index contributed by atoms with van der Waals surface area (Å²) in [4.78, 5) is 23.3. The van der Waals surface area contributed by atoms with Gasteiger partial charge in [-0.25, -0.2) is 17.9 Å². The van der Waals surface area contributed by atoms with Crippen LogP contribution in [0, 0.1) is 0 Å². The van der Waals surface area contributed by atoms with Crippen LogP contribution in [0.25, 0.3) is 11.1 Å². The normalized spacial score (nSPS) is 11.6. The summed E-state index contributed by atoms with van der Waals surface area (Å²) < 4.78 is 33.4. The fraction of sp³-hybridized carbons (Fsp3) is 0.222. The van der Waals surface area contributed by atoms with Gasteiger partial charge in [0.15, 0.2) is 5.58 Å². The number of aromatic nitrogens is 1. The van der Waals surface area contributed by atoms with E-state index in [0.717, 1.165) is 5.56 Å². The van der Waals surface area contributed by atoms with Gasteiger partial charge in [0, 0.05) is 26.2 Å². The average Bonchev–Trinajstić information content (AvgIpc) is 2.93. The molecule has 3 rings (SSSR count). The summed E-state index contributed by atoms with van der Waals surface area (Å²) in [6.45, 7) is 0.202. The number of sulfonamides is 1. The lowest BCUT2D eigenvalue weighted by molar-refractivity contribution is -0.120. The van der Waals surface area contributed by atoms with Gasteiger partial charge in [-0.2, -0.15) is 0 Å². The predicted molar refractivity (Wildman–Crippen MR) is 99.8 cm³/mol. The zero-order valence-corrected chi connectivity index (χ0v) is 15.5. The number of carbonyl (C=O) groups excluding carboxylic acids is 1. The number of nitrogens with one attached hydrogen (secondary N) is 2. The summed E-state index contributed by atoms with van der Waals surface area (Å²) in [7, 11) is -2.24. The topological polar surface area (TPSA) is 110 Å². The first-order chi connectivity index (χ1) is 12.9. The van der Waals surface area contributed by atoms with Gasteiger partial charge in [0.2, 0.25) is 15.9 Å². The molecule has 27 heavy (non-hydrogen) atoms. The van der Waals surface area contributed by atoms with Crippen LogP contribution in [-0.2, 0) is 28.3 Å². The first-order valence-corrected chi connectivity index (χ1v) is 9.75. The van der Waals surface area contributed by atoms with Crippen molar-refractivity contribution in [3.63, 3.8) is 0 Å². The van der Waals surface area contributed by atoms with Crippen LogP contribution in [0.5, 0.6) is 0 Å². The SMILES string of the molecule is Cn1c(=O)oc2cc(S(=O)(=O)NCCNC(=O)Cc3ccccc3)ccc21. The van der Waals surface area contributed by atoms with E-state index in [0.29, 0.717) is 5.52 Å². The highest BCUT2D eigenvalue weighted by molar-refractivity contribution is 7.89. The smallest absolute Gasteiger partial charge is 0.408 e. The number of benzene rings is 2. The summed E-state index contributed by atoms with van der Waals surface area (Å²) in [6, 6.07) is 13.5. The molecule has 0 bridgehead atoms.